The molecule has 1 aromatic rings. The van der Waals surface area contributed by atoms with Crippen LogP contribution in [0.2, 0.25) is 0 Å². The molecule has 0 radical (unpaired) electrons. The molecule has 5 nitrogen and oxygen atoms in total. The number of hydrogen-bond acceptors (Lipinski definition) is 5. The quantitative estimate of drug-likeness (QED) is 0.568. The van der Waals surface area contributed by atoms with Crippen molar-refractivity contribution < 1.29 is 23.8 Å². The first-order chi connectivity index (χ1) is 10.1. The summed E-state index contributed by atoms with van der Waals surface area (Å²) in [5.41, 5.74) is 1.37. The van der Waals surface area contributed by atoms with Crippen molar-refractivity contribution in [2.24, 2.45) is 5.92 Å². The van der Waals surface area contributed by atoms with Gasteiger partial charge in [0.25, 0.3) is 0 Å². The minimum Gasteiger partial charge on any atom is -0.468 e. The molecule has 0 atom stereocenters. The molecule has 0 unspecified atom stereocenters. The van der Waals surface area contributed by atoms with E-state index in [0.29, 0.717) is 12.2 Å². The average molecular weight is 292 g/mol. The molecule has 0 heterocycles. The summed E-state index contributed by atoms with van der Waals surface area (Å²) in [6.07, 6.45) is 1.74. The molecule has 5 heteroatoms. The normalized spacial score (nSPS) is 11.3. The predicted octanol–water partition coefficient (Wildman–Crippen LogP) is 2.07. The summed E-state index contributed by atoms with van der Waals surface area (Å²) in [6.45, 7) is 2.47. The van der Waals surface area contributed by atoms with Crippen molar-refractivity contribution in [1.82, 2.24) is 0 Å². The van der Waals surface area contributed by atoms with Crippen molar-refractivity contribution in [3.63, 3.8) is 0 Å². The maximum Gasteiger partial charge on any atom is 0.324 e. The molecule has 0 aromatic heterocycles. The van der Waals surface area contributed by atoms with Crippen LogP contribution in [0.4, 0.5) is 0 Å². The molecule has 0 amide bonds. The molecule has 0 bridgehead atoms. The maximum atomic E-state index is 11.9. The third-order valence-electron chi connectivity index (χ3n) is 2.87. The number of carbonyl (C=O) groups excluding carboxylic acids is 2. The summed E-state index contributed by atoms with van der Waals surface area (Å²) in [6, 6.07) is 9.37. The fourth-order valence-electron chi connectivity index (χ4n) is 1.83. The Bertz CT molecular complexity index is 477. The number of rotatable bonds is 7. The maximum absolute atomic E-state index is 11.9. The van der Waals surface area contributed by atoms with Crippen molar-refractivity contribution in [3.8, 4) is 0 Å². The van der Waals surface area contributed by atoms with Crippen LogP contribution in [0.5, 0.6) is 0 Å². The van der Waals surface area contributed by atoms with Gasteiger partial charge < -0.3 is 14.2 Å². The van der Waals surface area contributed by atoms with Crippen LogP contribution in [0.15, 0.2) is 35.9 Å². The molecule has 0 aliphatic heterocycles. The van der Waals surface area contributed by atoms with Gasteiger partial charge >= 0.3 is 11.9 Å². The Hall–Kier alpha value is -2.14. The van der Waals surface area contributed by atoms with Crippen molar-refractivity contribution in [2.75, 3.05) is 27.4 Å². The predicted molar refractivity (Wildman–Crippen MR) is 78.4 cm³/mol. The van der Waals surface area contributed by atoms with E-state index in [2.05, 4.69) is 0 Å². The van der Waals surface area contributed by atoms with Crippen molar-refractivity contribution in [2.45, 2.75) is 6.92 Å². The number of hydrogen-bond donors (Lipinski definition) is 0. The number of methoxy groups -OCH3 is 2. The molecule has 0 N–H and O–H groups in total. The number of benzene rings is 1. The lowest BCUT2D eigenvalue weighted by molar-refractivity contribution is -0.157. The molecule has 21 heavy (non-hydrogen) atoms. The SMILES string of the molecule is CCOC/C(=C/c1ccccc1)C(C(=O)OC)C(=O)OC. The highest BCUT2D eigenvalue weighted by molar-refractivity contribution is 5.99. The second-order valence-corrected chi connectivity index (χ2v) is 4.25. The lowest BCUT2D eigenvalue weighted by Gasteiger charge is -2.16. The van der Waals surface area contributed by atoms with Crippen LogP contribution in [0.25, 0.3) is 6.08 Å². The molecule has 0 fully saturated rings. The van der Waals surface area contributed by atoms with Gasteiger partial charge in [0.15, 0.2) is 5.92 Å². The van der Waals surface area contributed by atoms with Crippen LogP contribution in [0, 0.1) is 5.92 Å². The van der Waals surface area contributed by atoms with E-state index in [1.807, 2.05) is 37.3 Å². The first-order valence-corrected chi connectivity index (χ1v) is 6.63. The third kappa shape index (κ3) is 5.04. The standard InChI is InChI=1S/C16H20O5/c1-4-21-11-13(10-12-8-6-5-7-9-12)14(15(17)19-2)16(18)20-3/h5-10,14H,4,11H2,1-3H3/b13-10-. The van der Waals surface area contributed by atoms with Gasteiger partial charge in [-0.3, -0.25) is 9.59 Å². The summed E-state index contributed by atoms with van der Waals surface area (Å²) in [7, 11) is 2.47. The van der Waals surface area contributed by atoms with Crippen LogP contribution in [0.1, 0.15) is 12.5 Å². The smallest absolute Gasteiger partial charge is 0.324 e. The molecule has 0 spiro atoms. The molecule has 0 aliphatic carbocycles. The van der Waals surface area contributed by atoms with Gasteiger partial charge in [-0.15, -0.1) is 0 Å². The van der Waals surface area contributed by atoms with E-state index in [9.17, 15) is 9.59 Å². The molecule has 114 valence electrons. The van der Waals surface area contributed by atoms with E-state index in [4.69, 9.17) is 14.2 Å². The first-order valence-electron chi connectivity index (χ1n) is 6.63. The zero-order valence-electron chi connectivity index (χ0n) is 12.5. The van der Waals surface area contributed by atoms with Gasteiger partial charge in [-0.1, -0.05) is 36.4 Å². The van der Waals surface area contributed by atoms with Gasteiger partial charge in [0, 0.05) is 6.61 Å². The Morgan fingerprint density at radius 3 is 2.14 bits per heavy atom. The number of esters is 2. The highest BCUT2D eigenvalue weighted by Crippen LogP contribution is 2.19. The van der Waals surface area contributed by atoms with Gasteiger partial charge in [-0.25, -0.2) is 0 Å². The lowest BCUT2D eigenvalue weighted by Crippen LogP contribution is -2.30. The zero-order valence-corrected chi connectivity index (χ0v) is 12.5. The zero-order chi connectivity index (χ0) is 15.7. The Labute approximate surface area is 124 Å². The average Bonchev–Trinajstić information content (AvgIpc) is 2.53. The van der Waals surface area contributed by atoms with Crippen molar-refractivity contribution >= 4 is 18.0 Å². The van der Waals surface area contributed by atoms with Crippen molar-refractivity contribution in [3.05, 3.63) is 41.5 Å². The fourth-order valence-corrected chi connectivity index (χ4v) is 1.83. The molecule has 1 rings (SSSR count). The third-order valence-corrected chi connectivity index (χ3v) is 2.87. The molecule has 0 aliphatic rings. The van der Waals surface area contributed by atoms with E-state index in [0.717, 1.165) is 5.56 Å². The Morgan fingerprint density at radius 1 is 1.10 bits per heavy atom. The second-order valence-electron chi connectivity index (χ2n) is 4.25. The number of ether oxygens (including phenoxy) is 3. The van der Waals surface area contributed by atoms with Gasteiger partial charge in [-0.2, -0.15) is 0 Å². The van der Waals surface area contributed by atoms with Crippen LogP contribution >= 0.6 is 0 Å². The van der Waals surface area contributed by atoms with E-state index in [1.54, 1.807) is 6.08 Å². The fraction of sp³-hybridized carbons (Fsp3) is 0.375. The van der Waals surface area contributed by atoms with Crippen LogP contribution in [-0.4, -0.2) is 39.4 Å². The number of carbonyl (C=O) groups is 2. The van der Waals surface area contributed by atoms with E-state index in [1.165, 1.54) is 14.2 Å². The van der Waals surface area contributed by atoms with E-state index in [-0.39, 0.29) is 6.61 Å². The highest BCUT2D eigenvalue weighted by atomic mass is 16.5. The second kappa shape index (κ2) is 8.92. The van der Waals surface area contributed by atoms with Crippen LogP contribution in [-0.2, 0) is 23.8 Å². The van der Waals surface area contributed by atoms with Crippen LogP contribution < -0.4 is 0 Å². The lowest BCUT2D eigenvalue weighted by atomic mass is 9.97. The molecular formula is C16H20O5. The Kier molecular flexibility index (Phi) is 7.18. The van der Waals surface area contributed by atoms with Gasteiger partial charge in [0.1, 0.15) is 0 Å². The highest BCUT2D eigenvalue weighted by Gasteiger charge is 2.32. The Morgan fingerprint density at radius 2 is 1.67 bits per heavy atom. The molecule has 0 saturated carbocycles. The van der Waals surface area contributed by atoms with Crippen LogP contribution in [0.3, 0.4) is 0 Å². The van der Waals surface area contributed by atoms with Gasteiger partial charge in [0.2, 0.25) is 0 Å². The summed E-state index contributed by atoms with van der Waals surface area (Å²) >= 11 is 0. The molecular weight excluding hydrogens is 272 g/mol. The van der Waals surface area contributed by atoms with E-state index >= 15 is 0 Å². The molecule has 0 saturated heterocycles. The minimum absolute atomic E-state index is 0.153. The molecule has 1 aromatic carbocycles. The monoisotopic (exact) mass is 292 g/mol. The van der Waals surface area contributed by atoms with Crippen molar-refractivity contribution in [1.29, 1.82) is 0 Å². The summed E-state index contributed by atoms with van der Waals surface area (Å²) in [4.78, 5) is 23.8. The topological polar surface area (TPSA) is 61.8 Å². The summed E-state index contributed by atoms with van der Waals surface area (Å²) in [5.74, 6) is -2.45. The van der Waals surface area contributed by atoms with E-state index < -0.39 is 17.9 Å². The largest absolute Gasteiger partial charge is 0.468 e. The minimum atomic E-state index is -1.12. The van der Waals surface area contributed by atoms with Gasteiger partial charge in [-0.05, 0) is 18.1 Å². The first kappa shape index (κ1) is 16.9. The Balaban J connectivity index is 3.16. The summed E-state index contributed by atoms with van der Waals surface area (Å²) < 4.78 is 14.7. The van der Waals surface area contributed by atoms with Gasteiger partial charge in [0.05, 0.1) is 20.8 Å². The summed E-state index contributed by atoms with van der Waals surface area (Å²) in [5, 5.41) is 0.